The van der Waals surface area contributed by atoms with Crippen molar-refractivity contribution in [1.82, 2.24) is 0 Å². The minimum absolute atomic E-state index is 0. The second-order valence-corrected chi connectivity index (χ2v) is 10.9. The van der Waals surface area contributed by atoms with E-state index in [0.29, 0.717) is 0 Å². The summed E-state index contributed by atoms with van der Waals surface area (Å²) in [5, 5.41) is 0. The summed E-state index contributed by atoms with van der Waals surface area (Å²) in [5.74, 6) is 0. The summed E-state index contributed by atoms with van der Waals surface area (Å²) in [6, 6.07) is 0. The Bertz CT molecular complexity index is 30.0. The summed E-state index contributed by atoms with van der Waals surface area (Å²) in [4.78, 5) is 4.62. The SMILES string of the molecule is C[CH2][Ga]([CH2]C)[CH2]C.[H]. The van der Waals surface area contributed by atoms with Gasteiger partial charge in [-0.3, -0.25) is 0 Å². The van der Waals surface area contributed by atoms with Crippen LogP contribution in [0.25, 0.3) is 0 Å². The molecule has 0 aliphatic rings. The van der Waals surface area contributed by atoms with Gasteiger partial charge >= 0.3 is 51.9 Å². The first-order valence-electron chi connectivity index (χ1n) is 3.35. The molecular weight excluding hydrogens is 142 g/mol. The van der Waals surface area contributed by atoms with Gasteiger partial charge in [0.05, 0.1) is 0 Å². The zero-order chi connectivity index (χ0) is 5.70. The molecule has 1 heteroatoms. The van der Waals surface area contributed by atoms with Crippen molar-refractivity contribution in [3.8, 4) is 0 Å². The van der Waals surface area contributed by atoms with E-state index in [1.165, 1.54) is 0 Å². The summed E-state index contributed by atoms with van der Waals surface area (Å²) in [7, 11) is 0. The first-order chi connectivity index (χ1) is 3.35. The van der Waals surface area contributed by atoms with E-state index in [-0.39, 0.29) is 1.43 Å². The van der Waals surface area contributed by atoms with Crippen LogP contribution < -0.4 is 0 Å². The van der Waals surface area contributed by atoms with Crippen LogP contribution in [0.1, 0.15) is 22.2 Å². The van der Waals surface area contributed by atoms with Gasteiger partial charge in [0.25, 0.3) is 0 Å². The quantitative estimate of drug-likeness (QED) is 0.553. The van der Waals surface area contributed by atoms with Gasteiger partial charge in [-0.05, 0) is 0 Å². The number of hydrogen-bond donors (Lipinski definition) is 0. The van der Waals surface area contributed by atoms with E-state index in [1.54, 1.807) is 14.9 Å². The molecule has 0 heterocycles. The van der Waals surface area contributed by atoms with Crippen LogP contribution in [0.4, 0.5) is 0 Å². The third-order valence-corrected chi connectivity index (χ3v) is 9.00. The van der Waals surface area contributed by atoms with Crippen molar-refractivity contribution >= 4 is 16.2 Å². The minimum atomic E-state index is -0.576. The van der Waals surface area contributed by atoms with Gasteiger partial charge < -0.3 is 0 Å². The van der Waals surface area contributed by atoms with Gasteiger partial charge in [-0.2, -0.15) is 0 Å². The van der Waals surface area contributed by atoms with Crippen molar-refractivity contribution in [3.05, 3.63) is 0 Å². The zero-order valence-corrected chi connectivity index (χ0v) is 8.12. The van der Waals surface area contributed by atoms with Crippen LogP contribution in [0, 0.1) is 0 Å². The fraction of sp³-hybridized carbons (Fsp3) is 1.00. The molecule has 0 amide bonds. The molecule has 0 nitrogen and oxygen atoms in total. The molecule has 0 aromatic heterocycles. The van der Waals surface area contributed by atoms with Crippen molar-refractivity contribution < 1.29 is 1.43 Å². The van der Waals surface area contributed by atoms with Crippen LogP contribution in [0.5, 0.6) is 0 Å². The zero-order valence-electron chi connectivity index (χ0n) is 6.70. The van der Waals surface area contributed by atoms with Crippen molar-refractivity contribution in [2.75, 3.05) is 0 Å². The second-order valence-electron chi connectivity index (χ2n) is 2.09. The molecule has 0 saturated carbocycles. The second kappa shape index (κ2) is 4.79. The predicted octanol–water partition coefficient (Wildman–Crippen LogP) is 2.65. The molecule has 43 valence electrons. The van der Waals surface area contributed by atoms with Gasteiger partial charge in [-0.1, -0.05) is 0 Å². The van der Waals surface area contributed by atoms with Crippen molar-refractivity contribution in [2.45, 2.75) is 35.7 Å². The maximum Gasteiger partial charge on any atom is 0 e. The molecule has 0 atom stereocenters. The molecule has 0 N–H and O–H groups in total. The molecule has 1 radical (unpaired) electrons. The maximum absolute atomic E-state index is 2.34. The Morgan fingerprint density at radius 2 is 1.29 bits per heavy atom. The molecule has 0 aliphatic heterocycles. The van der Waals surface area contributed by atoms with E-state index < -0.39 is 16.2 Å². The van der Waals surface area contributed by atoms with Gasteiger partial charge in [0.15, 0.2) is 0 Å². The van der Waals surface area contributed by atoms with E-state index in [0.717, 1.165) is 0 Å². The maximum atomic E-state index is 2.34. The summed E-state index contributed by atoms with van der Waals surface area (Å²) < 4.78 is 0. The molecule has 0 rings (SSSR count). The third-order valence-electron chi connectivity index (χ3n) is 1.73. The van der Waals surface area contributed by atoms with Crippen LogP contribution >= 0.6 is 0 Å². The average Bonchev–Trinajstić information content (AvgIpc) is 1.72. The smallest absolute Gasteiger partial charge is 0 e. The van der Waals surface area contributed by atoms with E-state index in [2.05, 4.69) is 20.8 Å². The van der Waals surface area contributed by atoms with Crippen molar-refractivity contribution in [1.29, 1.82) is 0 Å². The summed E-state index contributed by atoms with van der Waals surface area (Å²) in [5.41, 5.74) is 0. The van der Waals surface area contributed by atoms with E-state index >= 15 is 0 Å². The first-order valence-corrected chi connectivity index (χ1v) is 8.49. The third kappa shape index (κ3) is 3.24. The largest absolute Gasteiger partial charge is 0 e. The van der Waals surface area contributed by atoms with Gasteiger partial charge in [0.1, 0.15) is 0 Å². The van der Waals surface area contributed by atoms with Gasteiger partial charge in [0.2, 0.25) is 0 Å². The molecular formula is C6H16Ga. The summed E-state index contributed by atoms with van der Waals surface area (Å²) in [6.07, 6.45) is 0. The molecule has 0 aromatic carbocycles. The van der Waals surface area contributed by atoms with Crippen LogP contribution in [-0.4, -0.2) is 16.2 Å². The fourth-order valence-corrected chi connectivity index (χ4v) is 4.50. The molecule has 7 heavy (non-hydrogen) atoms. The van der Waals surface area contributed by atoms with E-state index in [4.69, 9.17) is 0 Å². The Kier molecular flexibility index (Phi) is 5.22. The standard InChI is InChI=1S/3C2H5.Ga.H/c3*1-2;;/h3*1H2,2H3;;. The molecule has 0 unspecified atom stereocenters. The topological polar surface area (TPSA) is 0 Å². The Morgan fingerprint density at radius 3 is 1.29 bits per heavy atom. The van der Waals surface area contributed by atoms with Crippen LogP contribution in [0.2, 0.25) is 14.9 Å². The monoisotopic (exact) mass is 157 g/mol. The molecule has 0 fully saturated rings. The molecule has 0 bridgehead atoms. The molecule has 0 aliphatic carbocycles. The normalized spacial score (nSPS) is 9.00. The molecule has 0 aromatic rings. The minimum Gasteiger partial charge on any atom is 0 e. The molecule has 0 saturated heterocycles. The predicted molar refractivity (Wildman–Crippen MR) is 38.3 cm³/mol. The Morgan fingerprint density at radius 1 is 1.00 bits per heavy atom. The van der Waals surface area contributed by atoms with Crippen LogP contribution in [0.3, 0.4) is 0 Å². The Hall–Kier alpha value is 0.636. The molecule has 0 spiro atoms. The Balaban J connectivity index is 0. The number of hydrogen-bond acceptors (Lipinski definition) is 0. The van der Waals surface area contributed by atoms with Gasteiger partial charge in [-0.15, -0.1) is 0 Å². The first kappa shape index (κ1) is 7.64. The van der Waals surface area contributed by atoms with E-state index in [9.17, 15) is 0 Å². The fourth-order valence-electron chi connectivity index (χ4n) is 0.866. The van der Waals surface area contributed by atoms with Gasteiger partial charge in [-0.25, -0.2) is 0 Å². The summed E-state index contributed by atoms with van der Waals surface area (Å²) >= 11 is -0.576. The number of rotatable bonds is 3. The van der Waals surface area contributed by atoms with Crippen molar-refractivity contribution in [3.63, 3.8) is 0 Å². The van der Waals surface area contributed by atoms with E-state index in [1.807, 2.05) is 0 Å². The Labute approximate surface area is 53.8 Å². The average molecular weight is 158 g/mol. The summed E-state index contributed by atoms with van der Waals surface area (Å²) in [6.45, 7) is 7.03. The van der Waals surface area contributed by atoms with Crippen LogP contribution in [-0.2, 0) is 0 Å². The van der Waals surface area contributed by atoms with Gasteiger partial charge in [0, 0.05) is 1.43 Å². The van der Waals surface area contributed by atoms with Crippen LogP contribution in [0.15, 0.2) is 0 Å². The van der Waals surface area contributed by atoms with Crippen molar-refractivity contribution in [2.24, 2.45) is 0 Å².